The molecule has 0 aliphatic carbocycles. The second-order valence-corrected chi connectivity index (χ2v) is 6.47. The van der Waals surface area contributed by atoms with Crippen LogP contribution in [-0.4, -0.2) is 47.4 Å². The minimum atomic E-state index is -0.972. The molecular weight excluding hydrogens is 350 g/mol. The molecule has 1 heterocycles. The fourth-order valence-corrected chi connectivity index (χ4v) is 2.98. The van der Waals surface area contributed by atoms with Crippen LogP contribution in [0.15, 0.2) is 30.3 Å². The lowest BCUT2D eigenvalue weighted by molar-refractivity contribution is -0.151. The summed E-state index contributed by atoms with van der Waals surface area (Å²) in [5.74, 6) is -1.73. The number of amides is 4. The van der Waals surface area contributed by atoms with Crippen LogP contribution in [0.2, 0.25) is 0 Å². The first-order valence-corrected chi connectivity index (χ1v) is 8.97. The normalized spacial score (nSPS) is 16.6. The molecule has 0 aromatic heterocycles. The van der Waals surface area contributed by atoms with E-state index in [0.717, 1.165) is 10.5 Å². The fourth-order valence-electron chi connectivity index (χ4n) is 2.98. The van der Waals surface area contributed by atoms with Crippen LogP contribution in [0.3, 0.4) is 0 Å². The molecule has 8 nitrogen and oxygen atoms in total. The van der Waals surface area contributed by atoms with Gasteiger partial charge in [-0.05, 0) is 25.3 Å². The smallest absolute Gasteiger partial charge is 0.326 e. The van der Waals surface area contributed by atoms with Gasteiger partial charge in [0.2, 0.25) is 0 Å². The summed E-state index contributed by atoms with van der Waals surface area (Å²) in [5, 5.41) is 5.35. The van der Waals surface area contributed by atoms with Gasteiger partial charge in [-0.3, -0.25) is 19.3 Å². The molecule has 2 N–H and O–H groups in total. The van der Waals surface area contributed by atoms with E-state index in [-0.39, 0.29) is 6.04 Å². The Balaban J connectivity index is 1.83. The van der Waals surface area contributed by atoms with Crippen molar-refractivity contribution in [1.29, 1.82) is 0 Å². The van der Waals surface area contributed by atoms with Crippen molar-refractivity contribution < 1.29 is 23.9 Å². The van der Waals surface area contributed by atoms with Crippen LogP contribution in [0, 0.1) is 0 Å². The molecule has 27 heavy (non-hydrogen) atoms. The summed E-state index contributed by atoms with van der Waals surface area (Å²) >= 11 is 0. The Morgan fingerprint density at radius 3 is 2.37 bits per heavy atom. The molecule has 2 rings (SSSR count). The number of benzene rings is 1. The molecule has 0 bridgehead atoms. The van der Waals surface area contributed by atoms with E-state index in [9.17, 15) is 19.2 Å². The van der Waals surface area contributed by atoms with Crippen molar-refractivity contribution in [1.82, 2.24) is 15.5 Å². The van der Waals surface area contributed by atoms with Crippen molar-refractivity contribution in [3.05, 3.63) is 35.9 Å². The van der Waals surface area contributed by atoms with Gasteiger partial charge in [-0.25, -0.2) is 4.79 Å². The van der Waals surface area contributed by atoms with Crippen LogP contribution in [0.1, 0.15) is 45.2 Å². The average molecular weight is 375 g/mol. The van der Waals surface area contributed by atoms with E-state index in [1.165, 1.54) is 0 Å². The van der Waals surface area contributed by atoms with Gasteiger partial charge in [0.15, 0.2) is 6.61 Å². The van der Waals surface area contributed by atoms with Crippen LogP contribution < -0.4 is 10.6 Å². The Bertz CT molecular complexity index is 715. The van der Waals surface area contributed by atoms with Gasteiger partial charge in [0.1, 0.15) is 12.1 Å². The number of hydrogen-bond donors (Lipinski definition) is 2. The Labute approximate surface area is 158 Å². The molecule has 0 spiro atoms. The molecule has 0 saturated carbocycles. The zero-order valence-electron chi connectivity index (χ0n) is 15.8. The summed E-state index contributed by atoms with van der Waals surface area (Å²) in [5.41, 5.74) is -0.0492. The Morgan fingerprint density at radius 1 is 1.19 bits per heavy atom. The molecule has 1 atom stereocenters. The van der Waals surface area contributed by atoms with Crippen LogP contribution in [0.4, 0.5) is 4.79 Å². The molecule has 146 valence electrons. The van der Waals surface area contributed by atoms with Gasteiger partial charge < -0.3 is 15.4 Å². The van der Waals surface area contributed by atoms with Gasteiger partial charge in [-0.15, -0.1) is 0 Å². The Morgan fingerprint density at radius 2 is 1.81 bits per heavy atom. The maximum absolute atomic E-state index is 12.4. The molecule has 8 heteroatoms. The van der Waals surface area contributed by atoms with Crippen molar-refractivity contribution in [2.45, 2.75) is 45.2 Å². The number of hydrogen-bond acceptors (Lipinski definition) is 5. The summed E-state index contributed by atoms with van der Waals surface area (Å²) in [6.07, 6.45) is 0.860. The molecule has 0 radical (unpaired) electrons. The Kier molecular flexibility index (Phi) is 6.55. The van der Waals surface area contributed by atoms with E-state index in [2.05, 4.69) is 10.6 Å². The van der Waals surface area contributed by atoms with E-state index in [1.807, 2.05) is 37.3 Å². The summed E-state index contributed by atoms with van der Waals surface area (Å²) in [6.45, 7) is 4.40. The predicted molar refractivity (Wildman–Crippen MR) is 97.5 cm³/mol. The second-order valence-electron chi connectivity index (χ2n) is 6.47. The molecular formula is C19H25N3O5. The van der Waals surface area contributed by atoms with Crippen molar-refractivity contribution >= 4 is 23.8 Å². The lowest BCUT2D eigenvalue weighted by atomic mass is 9.93. The summed E-state index contributed by atoms with van der Waals surface area (Å²) < 4.78 is 4.91. The molecule has 1 aromatic carbocycles. The molecule has 4 amide bonds. The zero-order chi connectivity index (χ0) is 20.0. The van der Waals surface area contributed by atoms with E-state index < -0.39 is 42.5 Å². The third-order valence-electron chi connectivity index (χ3n) is 4.78. The first kappa shape index (κ1) is 20.4. The van der Waals surface area contributed by atoms with Gasteiger partial charge >= 0.3 is 12.0 Å². The molecule has 1 saturated heterocycles. The van der Waals surface area contributed by atoms with Crippen LogP contribution >= 0.6 is 0 Å². The lowest BCUT2D eigenvalue weighted by Gasteiger charge is -2.22. The maximum Gasteiger partial charge on any atom is 0.326 e. The number of carbonyl (C=O) groups excluding carboxylic acids is 4. The van der Waals surface area contributed by atoms with Crippen molar-refractivity contribution in [2.24, 2.45) is 0 Å². The van der Waals surface area contributed by atoms with E-state index in [4.69, 9.17) is 4.74 Å². The predicted octanol–water partition coefficient (Wildman–Crippen LogP) is 1.52. The number of ether oxygens (including phenoxy) is 1. The minimum Gasteiger partial charge on any atom is -0.454 e. The molecule has 1 aliphatic rings. The SMILES string of the molecule is CCC1(CC)NC(=O)N(CC(=O)OCC(=O)N[C@H](C)c2ccccc2)C1=O. The Hall–Kier alpha value is -2.90. The third-order valence-corrected chi connectivity index (χ3v) is 4.78. The highest BCUT2D eigenvalue weighted by Crippen LogP contribution is 2.24. The van der Waals surface area contributed by atoms with Crippen molar-refractivity contribution in [3.63, 3.8) is 0 Å². The first-order chi connectivity index (χ1) is 12.8. The maximum atomic E-state index is 12.4. The minimum absolute atomic E-state index is 0.238. The van der Waals surface area contributed by atoms with Crippen LogP contribution in [0.25, 0.3) is 0 Å². The van der Waals surface area contributed by atoms with E-state index in [1.54, 1.807) is 13.8 Å². The second kappa shape index (κ2) is 8.66. The lowest BCUT2D eigenvalue weighted by Crippen LogP contribution is -2.46. The van der Waals surface area contributed by atoms with Crippen molar-refractivity contribution in [3.8, 4) is 0 Å². The third kappa shape index (κ3) is 4.64. The largest absolute Gasteiger partial charge is 0.454 e. The van der Waals surface area contributed by atoms with Gasteiger partial charge in [0, 0.05) is 0 Å². The van der Waals surface area contributed by atoms with Gasteiger partial charge in [0.05, 0.1) is 6.04 Å². The number of urea groups is 1. The summed E-state index contributed by atoms with van der Waals surface area (Å²) in [4.78, 5) is 49.2. The number of esters is 1. The monoisotopic (exact) mass is 375 g/mol. The molecule has 1 aromatic rings. The average Bonchev–Trinajstić information content (AvgIpc) is 2.91. The standard InChI is InChI=1S/C19H25N3O5/c1-4-19(5-2)17(25)22(18(26)21-19)11-16(24)27-12-15(23)20-13(3)14-9-7-6-8-10-14/h6-10,13H,4-5,11-12H2,1-3H3,(H,20,23)(H,21,26)/t13-/m1/s1. The summed E-state index contributed by atoms with van der Waals surface area (Å²) in [7, 11) is 0. The van der Waals surface area contributed by atoms with Gasteiger partial charge in [-0.1, -0.05) is 44.2 Å². The van der Waals surface area contributed by atoms with Crippen molar-refractivity contribution in [2.75, 3.05) is 13.2 Å². The van der Waals surface area contributed by atoms with Crippen LogP contribution in [0.5, 0.6) is 0 Å². The highest BCUT2D eigenvalue weighted by atomic mass is 16.5. The van der Waals surface area contributed by atoms with E-state index in [0.29, 0.717) is 12.8 Å². The fraction of sp³-hybridized carbons (Fsp3) is 0.474. The quantitative estimate of drug-likeness (QED) is 0.529. The van der Waals surface area contributed by atoms with E-state index >= 15 is 0 Å². The zero-order valence-corrected chi connectivity index (χ0v) is 15.8. The highest BCUT2D eigenvalue weighted by Gasteiger charge is 2.49. The number of rotatable bonds is 8. The molecule has 1 fully saturated rings. The number of nitrogens with one attached hydrogen (secondary N) is 2. The number of carbonyl (C=O) groups is 4. The number of imide groups is 1. The number of nitrogens with zero attached hydrogens (tertiary/aromatic N) is 1. The van der Waals surface area contributed by atoms with Gasteiger partial charge in [0.25, 0.3) is 11.8 Å². The molecule has 1 aliphatic heterocycles. The van der Waals surface area contributed by atoms with Crippen LogP contribution in [-0.2, 0) is 19.1 Å². The topological polar surface area (TPSA) is 105 Å². The summed E-state index contributed by atoms with van der Waals surface area (Å²) in [6, 6.07) is 8.50. The molecule has 0 unspecified atom stereocenters. The highest BCUT2D eigenvalue weighted by molar-refractivity contribution is 6.08. The van der Waals surface area contributed by atoms with Gasteiger partial charge in [-0.2, -0.15) is 0 Å². The first-order valence-electron chi connectivity index (χ1n) is 8.97.